The Balaban J connectivity index is 1.29. The molecule has 0 bridgehead atoms. The van der Waals surface area contributed by atoms with Crippen molar-refractivity contribution in [2.24, 2.45) is 5.92 Å². The maximum atomic E-state index is 13.6. The van der Waals surface area contributed by atoms with Crippen molar-refractivity contribution >= 4 is 27.5 Å². The van der Waals surface area contributed by atoms with Crippen molar-refractivity contribution in [3.8, 4) is 0 Å². The standard InChI is InChI=1S/C24H26ClFN2O3S/c25-21-15-19(8-9-22(21)26)32(30,31)27-13-11-17(12-14-27)24(29)28(18-6-7-18)23-10-5-16-3-1-2-4-20(16)23/h1-4,8-9,15,17-18,23H,5-7,10-14H2. The first-order valence-electron chi connectivity index (χ1n) is 11.2. The lowest BCUT2D eigenvalue weighted by Crippen LogP contribution is -2.46. The summed E-state index contributed by atoms with van der Waals surface area (Å²) in [6.45, 7) is 0.543. The number of sulfonamides is 1. The van der Waals surface area contributed by atoms with E-state index >= 15 is 0 Å². The highest BCUT2D eigenvalue weighted by Gasteiger charge is 2.43. The van der Waals surface area contributed by atoms with E-state index in [0.717, 1.165) is 37.8 Å². The van der Waals surface area contributed by atoms with Crippen LogP contribution in [0.4, 0.5) is 4.39 Å². The number of aryl methyl sites for hydroxylation is 1. The summed E-state index contributed by atoms with van der Waals surface area (Å²) >= 11 is 5.78. The third kappa shape index (κ3) is 3.95. The van der Waals surface area contributed by atoms with Crippen molar-refractivity contribution in [2.45, 2.75) is 55.5 Å². The van der Waals surface area contributed by atoms with Gasteiger partial charge in [-0.1, -0.05) is 35.9 Å². The maximum absolute atomic E-state index is 13.6. The summed E-state index contributed by atoms with van der Waals surface area (Å²) < 4.78 is 40.8. The van der Waals surface area contributed by atoms with Gasteiger partial charge in [-0.2, -0.15) is 4.31 Å². The normalized spacial score (nSPS) is 22.0. The molecule has 0 spiro atoms. The fourth-order valence-corrected chi connectivity index (χ4v) is 6.85. The molecule has 1 saturated carbocycles. The largest absolute Gasteiger partial charge is 0.332 e. The highest BCUT2D eigenvalue weighted by molar-refractivity contribution is 7.89. The van der Waals surface area contributed by atoms with Crippen LogP contribution in [0.5, 0.6) is 0 Å². The summed E-state index contributed by atoms with van der Waals surface area (Å²) in [7, 11) is -3.77. The number of rotatable bonds is 5. The van der Waals surface area contributed by atoms with Crippen molar-refractivity contribution in [2.75, 3.05) is 13.1 Å². The van der Waals surface area contributed by atoms with Crippen LogP contribution in [-0.2, 0) is 21.2 Å². The smallest absolute Gasteiger partial charge is 0.243 e. The second-order valence-corrected chi connectivity index (χ2v) is 11.3. The second kappa shape index (κ2) is 8.43. The van der Waals surface area contributed by atoms with E-state index in [4.69, 9.17) is 11.6 Å². The molecule has 8 heteroatoms. The molecule has 5 nitrogen and oxygen atoms in total. The Morgan fingerprint density at radius 2 is 1.75 bits per heavy atom. The zero-order valence-corrected chi connectivity index (χ0v) is 19.3. The molecule has 1 atom stereocenters. The van der Waals surface area contributed by atoms with Crippen molar-refractivity contribution in [1.29, 1.82) is 0 Å². The molecule has 0 radical (unpaired) electrons. The lowest BCUT2D eigenvalue weighted by molar-refractivity contribution is -0.140. The number of amides is 1. The molecule has 3 aliphatic rings. The van der Waals surface area contributed by atoms with Crippen LogP contribution in [0.25, 0.3) is 0 Å². The molecule has 2 aromatic carbocycles. The summed E-state index contributed by atoms with van der Waals surface area (Å²) in [5, 5.41) is -0.215. The quantitative estimate of drug-likeness (QED) is 0.635. The first-order chi connectivity index (χ1) is 15.4. The van der Waals surface area contributed by atoms with E-state index in [2.05, 4.69) is 23.1 Å². The van der Waals surface area contributed by atoms with Gasteiger partial charge in [0.15, 0.2) is 0 Å². The number of piperidine rings is 1. The number of hydrogen-bond donors (Lipinski definition) is 0. The average molecular weight is 477 g/mol. The lowest BCUT2D eigenvalue weighted by Gasteiger charge is -2.36. The molecule has 0 aromatic heterocycles. The van der Waals surface area contributed by atoms with Crippen LogP contribution in [0.15, 0.2) is 47.4 Å². The Morgan fingerprint density at radius 3 is 2.44 bits per heavy atom. The molecule has 2 fully saturated rings. The van der Waals surface area contributed by atoms with Crippen molar-refractivity contribution < 1.29 is 17.6 Å². The number of nitrogens with zero attached hydrogens (tertiary/aromatic N) is 2. The molecule has 1 saturated heterocycles. The van der Waals surface area contributed by atoms with Crippen LogP contribution < -0.4 is 0 Å². The predicted octanol–water partition coefficient (Wildman–Crippen LogP) is 4.56. The Hall–Kier alpha value is -1.96. The number of carbonyl (C=O) groups is 1. The fraction of sp³-hybridized carbons (Fsp3) is 0.458. The zero-order chi connectivity index (χ0) is 22.5. The van der Waals surface area contributed by atoms with Crippen LogP contribution in [0.3, 0.4) is 0 Å². The van der Waals surface area contributed by atoms with Crippen molar-refractivity contribution in [3.05, 3.63) is 64.4 Å². The molecule has 2 aromatic rings. The first-order valence-corrected chi connectivity index (χ1v) is 13.0. The van der Waals surface area contributed by atoms with Gasteiger partial charge < -0.3 is 4.90 Å². The number of carbonyl (C=O) groups excluding carboxylic acids is 1. The molecular weight excluding hydrogens is 451 g/mol. The minimum absolute atomic E-state index is 0.0177. The highest BCUT2D eigenvalue weighted by Crippen LogP contribution is 2.43. The van der Waals surface area contributed by atoms with Gasteiger partial charge in [0.2, 0.25) is 15.9 Å². The van der Waals surface area contributed by atoms with Crippen LogP contribution in [0.2, 0.25) is 5.02 Å². The molecule has 1 heterocycles. The highest BCUT2D eigenvalue weighted by atomic mass is 35.5. The third-order valence-corrected chi connectivity index (χ3v) is 9.15. The van der Waals surface area contributed by atoms with Gasteiger partial charge >= 0.3 is 0 Å². The molecule has 170 valence electrons. The summed E-state index contributed by atoms with van der Waals surface area (Å²) in [5.74, 6) is -0.661. The fourth-order valence-electron chi connectivity index (χ4n) is 5.10. The molecular formula is C24H26ClFN2O3S. The molecule has 1 aliphatic heterocycles. The van der Waals surface area contributed by atoms with Gasteiger partial charge in [-0.15, -0.1) is 0 Å². The maximum Gasteiger partial charge on any atom is 0.243 e. The van der Waals surface area contributed by atoms with Crippen LogP contribution in [0.1, 0.15) is 49.3 Å². The predicted molar refractivity (Wildman–Crippen MR) is 120 cm³/mol. The average Bonchev–Trinajstić information content (AvgIpc) is 3.55. The van der Waals surface area contributed by atoms with Gasteiger partial charge in [0, 0.05) is 25.0 Å². The van der Waals surface area contributed by atoms with Gasteiger partial charge in [-0.3, -0.25) is 4.79 Å². The van der Waals surface area contributed by atoms with Gasteiger partial charge in [0.1, 0.15) is 5.82 Å². The number of benzene rings is 2. The van der Waals surface area contributed by atoms with Crippen LogP contribution in [0, 0.1) is 11.7 Å². The van der Waals surface area contributed by atoms with E-state index < -0.39 is 15.8 Å². The minimum atomic E-state index is -3.77. The van der Waals surface area contributed by atoms with E-state index in [-0.39, 0.29) is 40.9 Å². The SMILES string of the molecule is O=C(C1CCN(S(=O)(=O)c2ccc(F)c(Cl)c2)CC1)N(C1CC1)C1CCc2ccccc21. The van der Waals surface area contributed by atoms with E-state index in [1.54, 1.807) is 0 Å². The van der Waals surface area contributed by atoms with Crippen molar-refractivity contribution in [3.63, 3.8) is 0 Å². The molecule has 1 unspecified atom stereocenters. The summed E-state index contributed by atoms with van der Waals surface area (Å²) in [4.78, 5) is 15.7. The molecule has 1 amide bonds. The Morgan fingerprint density at radius 1 is 1.03 bits per heavy atom. The lowest BCUT2D eigenvalue weighted by atomic mass is 9.95. The zero-order valence-electron chi connectivity index (χ0n) is 17.7. The molecule has 5 rings (SSSR count). The van der Waals surface area contributed by atoms with E-state index in [1.165, 1.54) is 21.5 Å². The Kier molecular flexibility index (Phi) is 5.76. The number of hydrogen-bond acceptors (Lipinski definition) is 3. The first kappa shape index (κ1) is 21.9. The van der Waals surface area contributed by atoms with E-state index in [9.17, 15) is 17.6 Å². The summed E-state index contributed by atoms with van der Waals surface area (Å²) in [6.07, 6.45) is 5.02. The topological polar surface area (TPSA) is 57.7 Å². The van der Waals surface area contributed by atoms with E-state index in [1.807, 2.05) is 6.07 Å². The van der Waals surface area contributed by atoms with Crippen molar-refractivity contribution in [1.82, 2.24) is 9.21 Å². The Bertz CT molecular complexity index is 1140. The monoisotopic (exact) mass is 476 g/mol. The van der Waals surface area contributed by atoms with Gasteiger partial charge in [-0.05, 0) is 67.9 Å². The third-order valence-electron chi connectivity index (χ3n) is 6.96. The minimum Gasteiger partial charge on any atom is -0.332 e. The van der Waals surface area contributed by atoms with Gasteiger partial charge in [0.25, 0.3) is 0 Å². The summed E-state index contributed by atoms with van der Waals surface area (Å²) in [6, 6.07) is 12.3. The summed E-state index contributed by atoms with van der Waals surface area (Å²) in [5.41, 5.74) is 2.59. The van der Waals surface area contributed by atoms with Gasteiger partial charge in [0.05, 0.1) is 16.0 Å². The molecule has 0 N–H and O–H groups in total. The van der Waals surface area contributed by atoms with Crippen LogP contribution in [-0.4, -0.2) is 42.7 Å². The van der Waals surface area contributed by atoms with Gasteiger partial charge in [-0.25, -0.2) is 12.8 Å². The van der Waals surface area contributed by atoms with E-state index in [0.29, 0.717) is 18.9 Å². The number of halogens is 2. The Labute approximate surface area is 193 Å². The second-order valence-electron chi connectivity index (χ2n) is 8.98. The number of fused-ring (bicyclic) bond motifs is 1. The molecule has 32 heavy (non-hydrogen) atoms. The van der Waals surface area contributed by atoms with Crippen LogP contribution >= 0.6 is 11.6 Å². The molecule has 2 aliphatic carbocycles.